The molecule has 0 saturated heterocycles. The van der Waals surface area contributed by atoms with Crippen molar-refractivity contribution in [3.05, 3.63) is 63.7 Å². The van der Waals surface area contributed by atoms with Crippen molar-refractivity contribution in [1.82, 2.24) is 0 Å². The highest BCUT2D eigenvalue weighted by Gasteiger charge is 2.18. The third-order valence-electron chi connectivity index (χ3n) is 3.68. The second-order valence-corrected chi connectivity index (χ2v) is 5.41. The summed E-state index contributed by atoms with van der Waals surface area (Å²) >= 11 is 0. The number of carbonyl (C=O) groups is 2. The summed E-state index contributed by atoms with van der Waals surface area (Å²) in [6.07, 6.45) is 0.892. The topological polar surface area (TPSA) is 111 Å². The van der Waals surface area contributed by atoms with Gasteiger partial charge < -0.3 is 15.4 Å². The van der Waals surface area contributed by atoms with E-state index in [2.05, 4.69) is 10.6 Å². The summed E-state index contributed by atoms with van der Waals surface area (Å²) in [4.78, 5) is 34.3. The molecule has 0 aromatic heterocycles. The fourth-order valence-corrected chi connectivity index (χ4v) is 2.26. The molecule has 1 amide bonds. The average molecular weight is 357 g/mol. The molecule has 8 nitrogen and oxygen atoms in total. The molecule has 0 heterocycles. The van der Waals surface area contributed by atoms with Crippen LogP contribution in [-0.4, -0.2) is 30.5 Å². The summed E-state index contributed by atoms with van der Waals surface area (Å²) in [5, 5.41) is 16.2. The number of esters is 1. The maximum absolute atomic E-state index is 12.2. The van der Waals surface area contributed by atoms with Crippen molar-refractivity contribution < 1.29 is 19.2 Å². The fourth-order valence-electron chi connectivity index (χ4n) is 2.26. The van der Waals surface area contributed by atoms with Gasteiger partial charge in [-0.1, -0.05) is 19.1 Å². The van der Waals surface area contributed by atoms with Gasteiger partial charge in [0.2, 0.25) is 0 Å². The van der Waals surface area contributed by atoms with E-state index in [1.165, 1.54) is 12.1 Å². The van der Waals surface area contributed by atoms with E-state index in [0.29, 0.717) is 11.4 Å². The molecule has 0 radical (unpaired) electrons. The molecule has 8 heteroatoms. The third-order valence-corrected chi connectivity index (χ3v) is 3.68. The normalized spacial score (nSPS) is 10.1. The number of nitrogens with zero attached hydrogens (tertiary/aromatic N) is 1. The second kappa shape index (κ2) is 8.61. The molecule has 0 aliphatic heterocycles. The molecule has 136 valence electrons. The van der Waals surface area contributed by atoms with Crippen LogP contribution in [0.3, 0.4) is 0 Å². The Morgan fingerprint density at radius 3 is 2.42 bits per heavy atom. The number of ether oxygens (including phenoxy) is 1. The van der Waals surface area contributed by atoms with Crippen LogP contribution in [0.15, 0.2) is 42.5 Å². The molecular formula is C18H19N3O5. The summed E-state index contributed by atoms with van der Waals surface area (Å²) in [7, 11) is 1.57. The van der Waals surface area contributed by atoms with Crippen LogP contribution in [0.5, 0.6) is 0 Å². The first-order chi connectivity index (χ1) is 12.4. The van der Waals surface area contributed by atoms with Gasteiger partial charge in [-0.15, -0.1) is 0 Å². The smallest absolute Gasteiger partial charge is 0.341 e. The molecule has 0 aliphatic carbocycles. The molecule has 0 unspecified atom stereocenters. The molecule has 0 atom stereocenters. The van der Waals surface area contributed by atoms with E-state index in [-0.39, 0.29) is 11.3 Å². The van der Waals surface area contributed by atoms with Crippen molar-refractivity contribution in [2.45, 2.75) is 13.3 Å². The van der Waals surface area contributed by atoms with E-state index >= 15 is 0 Å². The van der Waals surface area contributed by atoms with Gasteiger partial charge in [-0.05, 0) is 30.2 Å². The van der Waals surface area contributed by atoms with E-state index in [1.54, 1.807) is 19.2 Å². The van der Waals surface area contributed by atoms with Crippen molar-refractivity contribution in [2.24, 2.45) is 0 Å². The van der Waals surface area contributed by atoms with E-state index < -0.39 is 23.4 Å². The Bertz CT molecular complexity index is 818. The van der Waals surface area contributed by atoms with Crippen LogP contribution in [-0.2, 0) is 16.0 Å². The van der Waals surface area contributed by atoms with Crippen LogP contribution >= 0.6 is 0 Å². The Balaban J connectivity index is 1.99. The SMILES string of the molecule is CCc1ccc(NC(=O)COC(=O)c2cc([N+](=O)[O-])ccc2NC)cc1. The summed E-state index contributed by atoms with van der Waals surface area (Å²) in [6.45, 7) is 1.53. The van der Waals surface area contributed by atoms with Crippen molar-refractivity contribution in [3.8, 4) is 0 Å². The minimum atomic E-state index is -0.825. The molecule has 2 rings (SSSR count). The minimum Gasteiger partial charge on any atom is -0.452 e. The number of anilines is 2. The van der Waals surface area contributed by atoms with Gasteiger partial charge in [-0.25, -0.2) is 4.79 Å². The molecule has 0 aliphatic rings. The van der Waals surface area contributed by atoms with Crippen molar-refractivity contribution in [2.75, 3.05) is 24.3 Å². The Labute approximate surface area is 150 Å². The summed E-state index contributed by atoms with van der Waals surface area (Å²) in [5.41, 5.74) is 1.85. The van der Waals surface area contributed by atoms with Crippen molar-refractivity contribution in [1.29, 1.82) is 0 Å². The maximum Gasteiger partial charge on any atom is 0.341 e. The van der Waals surface area contributed by atoms with Crippen LogP contribution in [0.1, 0.15) is 22.8 Å². The van der Waals surface area contributed by atoms with Gasteiger partial charge in [0.05, 0.1) is 10.5 Å². The van der Waals surface area contributed by atoms with Gasteiger partial charge in [-0.2, -0.15) is 0 Å². The van der Waals surface area contributed by atoms with Crippen LogP contribution in [0.25, 0.3) is 0 Å². The summed E-state index contributed by atoms with van der Waals surface area (Å²) in [5.74, 6) is -1.33. The summed E-state index contributed by atoms with van der Waals surface area (Å²) < 4.78 is 4.97. The quantitative estimate of drug-likeness (QED) is 0.448. The lowest BCUT2D eigenvalue weighted by Gasteiger charge is -2.10. The van der Waals surface area contributed by atoms with Crippen LogP contribution in [0.2, 0.25) is 0 Å². The number of amides is 1. The average Bonchev–Trinajstić information content (AvgIpc) is 2.66. The molecule has 2 aromatic carbocycles. The monoisotopic (exact) mass is 357 g/mol. The zero-order valence-electron chi connectivity index (χ0n) is 14.4. The Morgan fingerprint density at radius 1 is 1.15 bits per heavy atom. The molecule has 0 spiro atoms. The Hall–Kier alpha value is -3.42. The molecule has 0 bridgehead atoms. The zero-order chi connectivity index (χ0) is 19.1. The molecule has 0 saturated carbocycles. The van der Waals surface area contributed by atoms with Crippen LogP contribution in [0.4, 0.5) is 17.1 Å². The molecule has 0 fully saturated rings. The highest BCUT2D eigenvalue weighted by molar-refractivity contribution is 5.99. The van der Waals surface area contributed by atoms with Gasteiger partial charge in [0, 0.05) is 30.6 Å². The van der Waals surface area contributed by atoms with E-state index in [4.69, 9.17) is 4.74 Å². The molecular weight excluding hydrogens is 338 g/mol. The van der Waals surface area contributed by atoms with Gasteiger partial charge in [0.15, 0.2) is 6.61 Å². The fraction of sp³-hybridized carbons (Fsp3) is 0.222. The van der Waals surface area contributed by atoms with Gasteiger partial charge in [-0.3, -0.25) is 14.9 Å². The van der Waals surface area contributed by atoms with Crippen molar-refractivity contribution >= 4 is 28.9 Å². The predicted octanol–water partition coefficient (Wildman–Crippen LogP) is 2.99. The number of hydrogen-bond donors (Lipinski definition) is 2. The number of nitro groups is 1. The maximum atomic E-state index is 12.2. The van der Waals surface area contributed by atoms with Crippen LogP contribution < -0.4 is 10.6 Å². The predicted molar refractivity (Wildman–Crippen MR) is 97.4 cm³/mol. The standard InChI is InChI=1S/C18H19N3O5/c1-3-12-4-6-13(7-5-12)20-17(22)11-26-18(23)15-10-14(21(24)25)8-9-16(15)19-2/h4-10,19H,3,11H2,1-2H3,(H,20,22). The largest absolute Gasteiger partial charge is 0.452 e. The number of aryl methyl sites for hydroxylation is 1. The second-order valence-electron chi connectivity index (χ2n) is 5.41. The number of benzene rings is 2. The van der Waals surface area contributed by atoms with E-state index in [0.717, 1.165) is 18.1 Å². The zero-order valence-corrected chi connectivity index (χ0v) is 14.4. The molecule has 26 heavy (non-hydrogen) atoms. The molecule has 2 N–H and O–H groups in total. The first kappa shape index (κ1) is 18.9. The highest BCUT2D eigenvalue weighted by Crippen LogP contribution is 2.22. The number of nitrogens with one attached hydrogen (secondary N) is 2. The Morgan fingerprint density at radius 2 is 1.85 bits per heavy atom. The number of non-ortho nitro benzene ring substituents is 1. The molecule has 2 aromatic rings. The number of carbonyl (C=O) groups excluding carboxylic acids is 2. The van der Waals surface area contributed by atoms with Gasteiger partial charge >= 0.3 is 5.97 Å². The Kier molecular flexibility index (Phi) is 6.26. The van der Waals surface area contributed by atoms with E-state index in [9.17, 15) is 19.7 Å². The number of nitro benzene ring substituents is 1. The number of rotatable bonds is 7. The number of hydrogen-bond acceptors (Lipinski definition) is 6. The lowest BCUT2D eigenvalue weighted by atomic mass is 10.1. The van der Waals surface area contributed by atoms with Gasteiger partial charge in [0.25, 0.3) is 11.6 Å². The van der Waals surface area contributed by atoms with E-state index in [1.807, 2.05) is 19.1 Å². The van der Waals surface area contributed by atoms with Gasteiger partial charge in [0.1, 0.15) is 0 Å². The lowest BCUT2D eigenvalue weighted by Crippen LogP contribution is -2.21. The van der Waals surface area contributed by atoms with Crippen molar-refractivity contribution in [3.63, 3.8) is 0 Å². The third kappa shape index (κ3) is 4.79. The van der Waals surface area contributed by atoms with Crippen LogP contribution in [0, 0.1) is 10.1 Å². The highest BCUT2D eigenvalue weighted by atomic mass is 16.6. The minimum absolute atomic E-state index is 0.0122. The first-order valence-corrected chi connectivity index (χ1v) is 7.96. The lowest BCUT2D eigenvalue weighted by molar-refractivity contribution is -0.384. The summed E-state index contributed by atoms with van der Waals surface area (Å²) in [6, 6.07) is 11.1. The first-order valence-electron chi connectivity index (χ1n) is 7.96.